The van der Waals surface area contributed by atoms with E-state index in [1.54, 1.807) is 0 Å². The Bertz CT molecular complexity index is 272. The monoisotopic (exact) mass is 163 g/mol. The summed E-state index contributed by atoms with van der Waals surface area (Å²) in [6.45, 7) is 0. The normalized spacial score (nSPS) is 33.3. The fraction of sp³-hybridized carbons (Fsp3) is 0.400. The van der Waals surface area contributed by atoms with Crippen LogP contribution in [0, 0.1) is 0 Å². The molecule has 0 radical (unpaired) electrons. The molecule has 1 fully saturated rings. The molecule has 0 unspecified atom stereocenters. The predicted octanol–water partition coefficient (Wildman–Crippen LogP) is 0.691. The fourth-order valence-corrected chi connectivity index (χ4v) is 1.47. The van der Waals surface area contributed by atoms with Crippen molar-refractivity contribution in [3.05, 3.63) is 35.9 Å². The van der Waals surface area contributed by atoms with Crippen LogP contribution < -0.4 is 5.73 Å². The number of aliphatic hydroxyl groups is 1. The average molecular weight is 163 g/mol. The Morgan fingerprint density at radius 2 is 2.00 bits per heavy atom. The van der Waals surface area contributed by atoms with E-state index in [0.29, 0.717) is 0 Å². The molecule has 2 rings (SSSR count). The molecule has 2 nitrogen and oxygen atoms in total. The first-order chi connectivity index (χ1) is 5.71. The second-order valence-corrected chi connectivity index (χ2v) is 3.62. The summed E-state index contributed by atoms with van der Waals surface area (Å²) in [7, 11) is 0. The maximum absolute atomic E-state index is 9.22. The van der Waals surface area contributed by atoms with Gasteiger partial charge in [0.1, 0.15) is 0 Å². The number of benzene rings is 1. The molecular formula is C10H13NO. The van der Waals surface area contributed by atoms with Crippen molar-refractivity contribution in [2.45, 2.75) is 24.5 Å². The van der Waals surface area contributed by atoms with Crippen LogP contribution in [0.15, 0.2) is 30.3 Å². The minimum Gasteiger partial charge on any atom is -0.391 e. The zero-order chi connectivity index (χ0) is 8.60. The molecule has 0 heterocycles. The second-order valence-electron chi connectivity index (χ2n) is 3.62. The number of nitrogens with two attached hydrogens (primary N) is 1. The third-order valence-electron chi connectivity index (χ3n) is 2.45. The summed E-state index contributed by atoms with van der Waals surface area (Å²) in [5.41, 5.74) is 6.75. The van der Waals surface area contributed by atoms with E-state index in [0.717, 1.165) is 12.8 Å². The molecule has 0 aliphatic heterocycles. The van der Waals surface area contributed by atoms with Gasteiger partial charge in [0.05, 0.1) is 6.10 Å². The maximum Gasteiger partial charge on any atom is 0.0742 e. The molecule has 1 aromatic carbocycles. The van der Waals surface area contributed by atoms with Crippen molar-refractivity contribution >= 4 is 0 Å². The van der Waals surface area contributed by atoms with Crippen LogP contribution in [0.2, 0.25) is 0 Å². The highest BCUT2D eigenvalue weighted by Gasteiger charge is 2.49. The van der Waals surface area contributed by atoms with Crippen molar-refractivity contribution < 1.29 is 5.11 Å². The van der Waals surface area contributed by atoms with E-state index in [9.17, 15) is 5.11 Å². The molecule has 2 atom stereocenters. The highest BCUT2D eigenvalue weighted by atomic mass is 16.3. The molecule has 1 aliphatic rings. The van der Waals surface area contributed by atoms with Gasteiger partial charge in [-0.15, -0.1) is 0 Å². The highest BCUT2D eigenvalue weighted by Crippen LogP contribution is 2.36. The SMILES string of the molecule is N[C@@]1(Cc2ccccc2)C[C@H]1O. The van der Waals surface area contributed by atoms with Crippen molar-refractivity contribution in [3.63, 3.8) is 0 Å². The van der Waals surface area contributed by atoms with Crippen LogP contribution in [0.25, 0.3) is 0 Å². The number of rotatable bonds is 2. The van der Waals surface area contributed by atoms with E-state index in [1.807, 2.05) is 30.3 Å². The van der Waals surface area contributed by atoms with Crippen LogP contribution in [-0.4, -0.2) is 16.7 Å². The first kappa shape index (κ1) is 7.77. The van der Waals surface area contributed by atoms with Gasteiger partial charge in [0.25, 0.3) is 0 Å². The van der Waals surface area contributed by atoms with Gasteiger partial charge in [-0.1, -0.05) is 30.3 Å². The second kappa shape index (κ2) is 2.57. The molecule has 0 saturated heterocycles. The maximum atomic E-state index is 9.22. The van der Waals surface area contributed by atoms with Gasteiger partial charge in [0, 0.05) is 5.54 Å². The van der Waals surface area contributed by atoms with Crippen LogP contribution in [0.4, 0.5) is 0 Å². The summed E-state index contributed by atoms with van der Waals surface area (Å²) in [4.78, 5) is 0. The Labute approximate surface area is 72.0 Å². The van der Waals surface area contributed by atoms with Gasteiger partial charge >= 0.3 is 0 Å². The highest BCUT2D eigenvalue weighted by molar-refractivity contribution is 5.23. The standard InChI is InChI=1S/C10H13NO/c11-10(7-9(10)12)6-8-4-2-1-3-5-8/h1-5,9,12H,6-7,11H2/t9-,10+/m1/s1. The number of hydrogen-bond donors (Lipinski definition) is 2. The Morgan fingerprint density at radius 3 is 2.50 bits per heavy atom. The number of aliphatic hydroxyl groups excluding tert-OH is 1. The summed E-state index contributed by atoms with van der Waals surface area (Å²) in [5, 5.41) is 9.22. The lowest BCUT2D eigenvalue weighted by molar-refractivity contribution is 0.248. The van der Waals surface area contributed by atoms with E-state index in [2.05, 4.69) is 0 Å². The lowest BCUT2D eigenvalue weighted by Crippen LogP contribution is -2.29. The summed E-state index contributed by atoms with van der Waals surface area (Å²) in [5.74, 6) is 0. The van der Waals surface area contributed by atoms with E-state index < -0.39 is 0 Å². The predicted molar refractivity (Wildman–Crippen MR) is 47.7 cm³/mol. The topological polar surface area (TPSA) is 46.2 Å². The smallest absolute Gasteiger partial charge is 0.0742 e. The van der Waals surface area contributed by atoms with Gasteiger partial charge in [-0.2, -0.15) is 0 Å². The van der Waals surface area contributed by atoms with Crippen LogP contribution in [0.3, 0.4) is 0 Å². The Hall–Kier alpha value is -0.860. The molecule has 0 spiro atoms. The zero-order valence-electron chi connectivity index (χ0n) is 6.90. The minimum atomic E-state index is -0.332. The summed E-state index contributed by atoms with van der Waals surface area (Å²) < 4.78 is 0. The van der Waals surface area contributed by atoms with Crippen LogP contribution >= 0.6 is 0 Å². The molecule has 64 valence electrons. The number of hydrogen-bond acceptors (Lipinski definition) is 2. The largest absolute Gasteiger partial charge is 0.391 e. The van der Waals surface area contributed by atoms with Gasteiger partial charge in [0.15, 0.2) is 0 Å². The van der Waals surface area contributed by atoms with Crippen molar-refractivity contribution in [3.8, 4) is 0 Å². The van der Waals surface area contributed by atoms with Gasteiger partial charge < -0.3 is 10.8 Å². The van der Waals surface area contributed by atoms with Gasteiger partial charge in [-0.3, -0.25) is 0 Å². The Kier molecular flexibility index (Phi) is 1.67. The first-order valence-corrected chi connectivity index (χ1v) is 4.22. The Morgan fingerprint density at radius 1 is 1.42 bits per heavy atom. The van der Waals surface area contributed by atoms with E-state index >= 15 is 0 Å². The van der Waals surface area contributed by atoms with Gasteiger partial charge in [-0.05, 0) is 18.4 Å². The lowest BCUT2D eigenvalue weighted by atomic mass is 10.1. The molecule has 2 heteroatoms. The molecular weight excluding hydrogens is 150 g/mol. The zero-order valence-corrected chi connectivity index (χ0v) is 6.90. The minimum absolute atomic E-state index is 0.294. The quantitative estimate of drug-likeness (QED) is 0.674. The van der Waals surface area contributed by atoms with E-state index in [4.69, 9.17) is 5.73 Å². The van der Waals surface area contributed by atoms with Gasteiger partial charge in [0.2, 0.25) is 0 Å². The fourth-order valence-electron chi connectivity index (χ4n) is 1.47. The average Bonchev–Trinajstić information content (AvgIpc) is 2.61. The van der Waals surface area contributed by atoms with E-state index in [-0.39, 0.29) is 11.6 Å². The van der Waals surface area contributed by atoms with Crippen molar-refractivity contribution in [2.75, 3.05) is 0 Å². The van der Waals surface area contributed by atoms with E-state index in [1.165, 1.54) is 5.56 Å². The van der Waals surface area contributed by atoms with Crippen molar-refractivity contribution in [1.29, 1.82) is 0 Å². The van der Waals surface area contributed by atoms with Gasteiger partial charge in [-0.25, -0.2) is 0 Å². The summed E-state index contributed by atoms with van der Waals surface area (Å²) in [6, 6.07) is 10.1. The lowest BCUT2D eigenvalue weighted by Gasteiger charge is -2.08. The van der Waals surface area contributed by atoms with Crippen molar-refractivity contribution in [1.82, 2.24) is 0 Å². The van der Waals surface area contributed by atoms with Crippen LogP contribution in [-0.2, 0) is 6.42 Å². The molecule has 0 aromatic heterocycles. The third kappa shape index (κ3) is 1.36. The van der Waals surface area contributed by atoms with Crippen molar-refractivity contribution in [2.24, 2.45) is 5.73 Å². The molecule has 1 saturated carbocycles. The Balaban J connectivity index is 2.06. The molecule has 3 N–H and O–H groups in total. The molecule has 1 aromatic rings. The van der Waals surface area contributed by atoms with Crippen LogP contribution in [0.1, 0.15) is 12.0 Å². The summed E-state index contributed by atoms with van der Waals surface area (Å²) >= 11 is 0. The first-order valence-electron chi connectivity index (χ1n) is 4.22. The van der Waals surface area contributed by atoms with Crippen LogP contribution in [0.5, 0.6) is 0 Å². The summed E-state index contributed by atoms with van der Waals surface area (Å²) in [6.07, 6.45) is 1.23. The third-order valence-corrected chi connectivity index (χ3v) is 2.45. The molecule has 12 heavy (non-hydrogen) atoms. The molecule has 1 aliphatic carbocycles. The molecule has 0 bridgehead atoms. The molecule has 0 amide bonds.